The predicted octanol–water partition coefficient (Wildman–Crippen LogP) is 2.81. The Morgan fingerprint density at radius 2 is 2.13 bits per heavy atom. The van der Waals surface area contributed by atoms with Gasteiger partial charge in [0.1, 0.15) is 4.83 Å². The van der Waals surface area contributed by atoms with Gasteiger partial charge in [-0.15, -0.1) is 11.3 Å². The van der Waals surface area contributed by atoms with Gasteiger partial charge < -0.3 is 10.4 Å². The molecule has 1 aromatic carbocycles. The molecule has 3 rings (SSSR count). The highest BCUT2D eigenvalue weighted by Crippen LogP contribution is 2.31. The molecule has 5 nitrogen and oxygen atoms in total. The molecular formula is C17H19N3O2S. The summed E-state index contributed by atoms with van der Waals surface area (Å²) in [5.41, 5.74) is 3.04. The monoisotopic (exact) mass is 329 g/mol. The van der Waals surface area contributed by atoms with Gasteiger partial charge in [0.15, 0.2) is 0 Å². The molecule has 0 spiro atoms. The van der Waals surface area contributed by atoms with Gasteiger partial charge in [-0.05, 0) is 38.5 Å². The van der Waals surface area contributed by atoms with Gasteiger partial charge in [-0.3, -0.25) is 4.79 Å². The number of para-hydroxylation sites is 1. The van der Waals surface area contributed by atoms with Crippen molar-refractivity contribution in [2.75, 3.05) is 6.54 Å². The number of fused-ring (bicyclic) bond motifs is 1. The van der Waals surface area contributed by atoms with Crippen LogP contribution in [0, 0.1) is 13.8 Å². The molecule has 1 atom stereocenters. The first kappa shape index (κ1) is 15.7. The first-order valence-electron chi connectivity index (χ1n) is 7.49. The Hall–Kier alpha value is -2.18. The minimum absolute atomic E-state index is 0.164. The largest absolute Gasteiger partial charge is 0.392 e. The van der Waals surface area contributed by atoms with Gasteiger partial charge in [0.05, 0.1) is 22.4 Å². The first-order valence-corrected chi connectivity index (χ1v) is 8.30. The summed E-state index contributed by atoms with van der Waals surface area (Å²) in [5, 5.41) is 17.6. The third-order valence-electron chi connectivity index (χ3n) is 3.67. The molecule has 0 bridgehead atoms. The lowest BCUT2D eigenvalue weighted by Gasteiger charge is -2.06. The highest BCUT2D eigenvalue weighted by Gasteiger charge is 2.17. The van der Waals surface area contributed by atoms with Gasteiger partial charge in [0, 0.05) is 11.9 Å². The van der Waals surface area contributed by atoms with Crippen molar-refractivity contribution >= 4 is 27.5 Å². The number of aromatic nitrogens is 2. The lowest BCUT2D eigenvalue weighted by atomic mass is 10.2. The molecule has 23 heavy (non-hydrogen) atoms. The molecule has 3 aromatic rings. The smallest absolute Gasteiger partial charge is 0.261 e. The normalized spacial score (nSPS) is 12.5. The zero-order chi connectivity index (χ0) is 16.6. The molecule has 0 radical (unpaired) electrons. The number of nitrogens with one attached hydrogen (secondary N) is 1. The average molecular weight is 329 g/mol. The summed E-state index contributed by atoms with van der Waals surface area (Å²) in [6, 6.07) is 9.91. The van der Waals surface area contributed by atoms with E-state index in [-0.39, 0.29) is 12.5 Å². The van der Waals surface area contributed by atoms with E-state index in [2.05, 4.69) is 10.4 Å². The van der Waals surface area contributed by atoms with E-state index < -0.39 is 6.10 Å². The molecule has 0 fully saturated rings. The van der Waals surface area contributed by atoms with Crippen molar-refractivity contribution in [3.8, 4) is 5.69 Å². The van der Waals surface area contributed by atoms with Crippen LogP contribution in [0.4, 0.5) is 0 Å². The standard InChI is InChI=1S/C17H19N3O2S/c1-10-6-4-5-7-14(10)20-17-13(12(3)19-20)8-15(23-17)16(22)18-9-11(2)21/h4-8,11,21H,9H2,1-3H3,(H,18,22). The molecule has 0 aliphatic rings. The molecular weight excluding hydrogens is 310 g/mol. The Balaban J connectivity index is 2.02. The van der Waals surface area contributed by atoms with E-state index in [1.807, 2.05) is 48.9 Å². The maximum Gasteiger partial charge on any atom is 0.261 e. The van der Waals surface area contributed by atoms with Gasteiger partial charge in [-0.2, -0.15) is 5.10 Å². The maximum atomic E-state index is 12.2. The Kier molecular flexibility index (Phi) is 4.19. The zero-order valence-corrected chi connectivity index (χ0v) is 14.1. The van der Waals surface area contributed by atoms with Crippen molar-refractivity contribution in [1.29, 1.82) is 0 Å². The minimum atomic E-state index is -0.558. The van der Waals surface area contributed by atoms with Crippen molar-refractivity contribution in [1.82, 2.24) is 15.1 Å². The average Bonchev–Trinajstić information content (AvgIpc) is 3.07. The van der Waals surface area contributed by atoms with Crippen LogP contribution < -0.4 is 5.32 Å². The SMILES string of the molecule is Cc1ccccc1-n1nc(C)c2cc(C(=O)NCC(C)O)sc21. The Morgan fingerprint density at radius 1 is 1.39 bits per heavy atom. The maximum absolute atomic E-state index is 12.2. The molecule has 0 saturated heterocycles. The minimum Gasteiger partial charge on any atom is -0.392 e. The van der Waals surface area contributed by atoms with E-state index in [0.29, 0.717) is 4.88 Å². The van der Waals surface area contributed by atoms with E-state index in [1.165, 1.54) is 11.3 Å². The highest BCUT2D eigenvalue weighted by molar-refractivity contribution is 7.20. The van der Waals surface area contributed by atoms with Crippen LogP contribution in [0.15, 0.2) is 30.3 Å². The molecule has 2 N–H and O–H groups in total. The Labute approximate surface area is 138 Å². The van der Waals surface area contributed by atoms with Gasteiger partial charge in [-0.1, -0.05) is 18.2 Å². The Morgan fingerprint density at radius 3 is 2.83 bits per heavy atom. The van der Waals surface area contributed by atoms with Gasteiger partial charge in [0.25, 0.3) is 5.91 Å². The fraction of sp³-hybridized carbons (Fsp3) is 0.294. The summed E-state index contributed by atoms with van der Waals surface area (Å²) in [5.74, 6) is -0.164. The number of aliphatic hydroxyl groups excluding tert-OH is 1. The molecule has 2 aromatic heterocycles. The van der Waals surface area contributed by atoms with Crippen LogP contribution in [0.3, 0.4) is 0 Å². The van der Waals surface area contributed by atoms with Crippen LogP contribution in [0.1, 0.15) is 27.9 Å². The van der Waals surface area contributed by atoms with E-state index in [1.54, 1.807) is 6.92 Å². The zero-order valence-electron chi connectivity index (χ0n) is 13.3. The Bertz CT molecular complexity index is 864. The van der Waals surface area contributed by atoms with E-state index >= 15 is 0 Å². The third-order valence-corrected chi connectivity index (χ3v) is 4.78. The fourth-order valence-corrected chi connectivity index (χ4v) is 3.54. The molecule has 2 heterocycles. The number of aliphatic hydroxyl groups is 1. The lowest BCUT2D eigenvalue weighted by Crippen LogP contribution is -2.29. The summed E-state index contributed by atoms with van der Waals surface area (Å²) in [6.07, 6.45) is -0.558. The van der Waals surface area contributed by atoms with Crippen LogP contribution in [0.25, 0.3) is 15.9 Å². The summed E-state index contributed by atoms with van der Waals surface area (Å²) < 4.78 is 1.90. The summed E-state index contributed by atoms with van der Waals surface area (Å²) >= 11 is 1.41. The summed E-state index contributed by atoms with van der Waals surface area (Å²) in [4.78, 5) is 13.8. The van der Waals surface area contributed by atoms with Gasteiger partial charge in [0.2, 0.25) is 0 Å². The van der Waals surface area contributed by atoms with Crippen LogP contribution in [-0.2, 0) is 0 Å². The van der Waals surface area contributed by atoms with E-state index in [4.69, 9.17) is 0 Å². The summed E-state index contributed by atoms with van der Waals surface area (Å²) in [7, 11) is 0. The van der Waals surface area contributed by atoms with Gasteiger partial charge >= 0.3 is 0 Å². The number of nitrogens with zero attached hydrogens (tertiary/aromatic N) is 2. The first-order chi connectivity index (χ1) is 11.0. The van der Waals surface area contributed by atoms with Crippen molar-refractivity contribution < 1.29 is 9.90 Å². The van der Waals surface area contributed by atoms with Crippen molar-refractivity contribution in [2.24, 2.45) is 0 Å². The molecule has 1 unspecified atom stereocenters. The van der Waals surface area contributed by atoms with Crippen molar-refractivity contribution in [2.45, 2.75) is 26.9 Å². The predicted molar refractivity (Wildman–Crippen MR) is 92.4 cm³/mol. The van der Waals surface area contributed by atoms with Crippen molar-refractivity contribution in [3.63, 3.8) is 0 Å². The number of benzene rings is 1. The molecule has 120 valence electrons. The molecule has 1 amide bonds. The van der Waals surface area contributed by atoms with E-state index in [9.17, 15) is 9.90 Å². The number of hydrogen-bond donors (Lipinski definition) is 2. The number of aryl methyl sites for hydroxylation is 2. The molecule has 0 aliphatic carbocycles. The number of rotatable bonds is 4. The molecule has 6 heteroatoms. The molecule has 0 aliphatic heterocycles. The highest BCUT2D eigenvalue weighted by atomic mass is 32.1. The van der Waals surface area contributed by atoms with Crippen LogP contribution in [-0.4, -0.2) is 33.4 Å². The number of thiophene rings is 1. The van der Waals surface area contributed by atoms with Crippen LogP contribution >= 0.6 is 11.3 Å². The van der Waals surface area contributed by atoms with Crippen LogP contribution in [0.5, 0.6) is 0 Å². The lowest BCUT2D eigenvalue weighted by molar-refractivity contribution is 0.0928. The molecule has 0 saturated carbocycles. The number of carbonyl (C=O) groups excluding carboxylic acids is 1. The fourth-order valence-electron chi connectivity index (χ4n) is 2.45. The number of hydrogen-bond acceptors (Lipinski definition) is 4. The third kappa shape index (κ3) is 3.00. The number of carbonyl (C=O) groups is 1. The van der Waals surface area contributed by atoms with E-state index in [0.717, 1.165) is 27.2 Å². The second-order valence-electron chi connectivity index (χ2n) is 5.67. The van der Waals surface area contributed by atoms with Gasteiger partial charge in [-0.25, -0.2) is 4.68 Å². The number of amides is 1. The van der Waals surface area contributed by atoms with Crippen molar-refractivity contribution in [3.05, 3.63) is 46.5 Å². The summed E-state index contributed by atoms with van der Waals surface area (Å²) in [6.45, 7) is 5.88. The second kappa shape index (κ2) is 6.14. The topological polar surface area (TPSA) is 67.2 Å². The second-order valence-corrected chi connectivity index (χ2v) is 6.70. The quantitative estimate of drug-likeness (QED) is 0.773. The van der Waals surface area contributed by atoms with Crippen LogP contribution in [0.2, 0.25) is 0 Å².